The topological polar surface area (TPSA) is 32.8 Å². The van der Waals surface area contributed by atoms with E-state index in [1.165, 1.54) is 0 Å². The van der Waals surface area contributed by atoms with E-state index in [4.69, 9.17) is 39.5 Å². The molecule has 2 aromatic carbocycles. The molecule has 1 amide bonds. The third-order valence-electron chi connectivity index (χ3n) is 4.21. The number of benzene rings is 2. The highest BCUT2D eigenvalue weighted by Gasteiger charge is 2.36. The number of alkyl halides is 3. The number of methoxy groups -OCH3 is 1. The Bertz CT molecular complexity index is 753. The molecule has 0 aromatic heterocycles. The third-order valence-corrected chi connectivity index (χ3v) is 4.70. The molecule has 1 aliphatic rings. The summed E-state index contributed by atoms with van der Waals surface area (Å²) in [5, 5.41) is 2.19. The number of nitrogens with zero attached hydrogens (tertiary/aromatic N) is 2. The van der Waals surface area contributed by atoms with Gasteiger partial charge in [-0.05, 0) is 11.5 Å². The number of hydrogen-bond acceptors (Lipinski definition) is 3. The number of hydrogen-bond donors (Lipinski definition) is 0. The van der Waals surface area contributed by atoms with Crippen molar-refractivity contribution < 1.29 is 9.53 Å². The van der Waals surface area contributed by atoms with E-state index in [1.54, 1.807) is 12.0 Å². The van der Waals surface area contributed by atoms with E-state index in [-0.39, 0.29) is 0 Å². The van der Waals surface area contributed by atoms with Gasteiger partial charge in [-0.25, -0.2) is 0 Å². The number of fused-ring (bicyclic) bond motifs is 1. The van der Waals surface area contributed by atoms with Gasteiger partial charge >= 0.3 is 0 Å². The van der Waals surface area contributed by atoms with Crippen molar-refractivity contribution in [2.24, 2.45) is 0 Å². The van der Waals surface area contributed by atoms with E-state index in [1.807, 2.05) is 24.3 Å². The van der Waals surface area contributed by atoms with Crippen LogP contribution in [0.3, 0.4) is 0 Å². The first-order valence-corrected chi connectivity index (χ1v) is 8.72. The van der Waals surface area contributed by atoms with Crippen LogP contribution >= 0.6 is 34.8 Å². The minimum atomic E-state index is -1.90. The molecule has 4 nitrogen and oxygen atoms in total. The zero-order chi connectivity index (χ0) is 17.3. The van der Waals surface area contributed by atoms with Gasteiger partial charge < -0.3 is 14.5 Å². The molecule has 1 heterocycles. The maximum absolute atomic E-state index is 12.0. The highest BCUT2D eigenvalue weighted by molar-refractivity contribution is 6.76. The largest absolute Gasteiger partial charge is 0.494 e. The second kappa shape index (κ2) is 6.87. The van der Waals surface area contributed by atoms with Gasteiger partial charge in [-0.2, -0.15) is 0 Å². The van der Waals surface area contributed by atoms with Crippen molar-refractivity contribution >= 4 is 57.2 Å². The zero-order valence-corrected chi connectivity index (χ0v) is 15.4. The normalized spacial score (nSPS) is 15.7. The molecule has 0 bridgehead atoms. The molecule has 7 heteroatoms. The molecule has 128 valence electrons. The Kier molecular flexibility index (Phi) is 5.00. The summed E-state index contributed by atoms with van der Waals surface area (Å²) in [7, 11) is 1.67. The summed E-state index contributed by atoms with van der Waals surface area (Å²) in [6.45, 7) is 2.31. The molecule has 24 heavy (non-hydrogen) atoms. The van der Waals surface area contributed by atoms with Gasteiger partial charge in [-0.1, -0.05) is 65.1 Å². The fourth-order valence-corrected chi connectivity index (χ4v) is 3.38. The Morgan fingerprint density at radius 1 is 1.04 bits per heavy atom. The summed E-state index contributed by atoms with van der Waals surface area (Å²) in [5.41, 5.74) is 1.01. The fraction of sp³-hybridized carbons (Fsp3) is 0.353. The summed E-state index contributed by atoms with van der Waals surface area (Å²) in [5.74, 6) is 0.367. The molecule has 0 aliphatic carbocycles. The van der Waals surface area contributed by atoms with Crippen LogP contribution in [0.2, 0.25) is 0 Å². The monoisotopic (exact) mass is 386 g/mol. The molecule has 1 fully saturated rings. The Morgan fingerprint density at radius 2 is 1.71 bits per heavy atom. The number of anilines is 1. The second-order valence-electron chi connectivity index (χ2n) is 5.62. The van der Waals surface area contributed by atoms with Crippen LogP contribution in [0.4, 0.5) is 5.69 Å². The third kappa shape index (κ3) is 3.37. The number of piperazine rings is 1. The number of carbonyl (C=O) groups excluding carboxylic acids is 1. The molecule has 0 N–H and O–H groups in total. The van der Waals surface area contributed by atoms with Crippen molar-refractivity contribution in [1.82, 2.24) is 4.90 Å². The number of rotatable bonds is 2. The number of amides is 1. The van der Waals surface area contributed by atoms with Crippen LogP contribution in [-0.4, -0.2) is 47.9 Å². The standard InChI is InChI=1S/C17H17Cl3N2O2/c1-24-15-13-5-3-2-4-12(13)6-7-14(15)21-8-10-22(11-9-21)16(23)17(18,19)20/h2-7H,8-11H2,1H3. The average molecular weight is 388 g/mol. The molecule has 0 radical (unpaired) electrons. The predicted molar refractivity (Wildman–Crippen MR) is 99.6 cm³/mol. The highest BCUT2D eigenvalue weighted by atomic mass is 35.6. The number of ether oxygens (including phenoxy) is 1. The molecule has 0 saturated carbocycles. The van der Waals surface area contributed by atoms with Crippen LogP contribution in [0.1, 0.15) is 0 Å². The minimum Gasteiger partial charge on any atom is -0.494 e. The van der Waals surface area contributed by atoms with E-state index in [2.05, 4.69) is 17.0 Å². The Labute approximate surface area is 155 Å². The fourth-order valence-electron chi connectivity index (χ4n) is 3.02. The molecular formula is C17H17Cl3N2O2. The molecular weight excluding hydrogens is 371 g/mol. The van der Waals surface area contributed by atoms with Crippen molar-refractivity contribution in [3.63, 3.8) is 0 Å². The average Bonchev–Trinajstić information content (AvgIpc) is 2.59. The van der Waals surface area contributed by atoms with Crippen LogP contribution in [0.5, 0.6) is 5.75 Å². The van der Waals surface area contributed by atoms with Gasteiger partial charge in [0.05, 0.1) is 12.8 Å². The maximum atomic E-state index is 12.0. The van der Waals surface area contributed by atoms with Crippen LogP contribution in [0, 0.1) is 0 Å². The highest BCUT2D eigenvalue weighted by Crippen LogP contribution is 2.37. The molecule has 3 rings (SSSR count). The van der Waals surface area contributed by atoms with Crippen molar-refractivity contribution in [3.8, 4) is 5.75 Å². The first-order valence-electron chi connectivity index (χ1n) is 7.58. The van der Waals surface area contributed by atoms with Gasteiger partial charge in [0.2, 0.25) is 0 Å². The van der Waals surface area contributed by atoms with Crippen LogP contribution in [0.15, 0.2) is 36.4 Å². The summed E-state index contributed by atoms with van der Waals surface area (Å²) < 4.78 is 3.75. The van der Waals surface area contributed by atoms with Gasteiger partial charge in [0.25, 0.3) is 9.70 Å². The SMILES string of the molecule is COc1c(N2CCN(C(=O)C(Cl)(Cl)Cl)CC2)ccc2ccccc12. The molecule has 0 spiro atoms. The first-order chi connectivity index (χ1) is 11.4. The summed E-state index contributed by atoms with van der Waals surface area (Å²) >= 11 is 17.1. The van der Waals surface area contributed by atoms with Crippen molar-refractivity contribution in [3.05, 3.63) is 36.4 Å². The van der Waals surface area contributed by atoms with Crippen molar-refractivity contribution in [1.29, 1.82) is 0 Å². The van der Waals surface area contributed by atoms with E-state index < -0.39 is 9.70 Å². The lowest BCUT2D eigenvalue weighted by atomic mass is 10.1. The minimum absolute atomic E-state index is 0.474. The lowest BCUT2D eigenvalue weighted by Gasteiger charge is -2.37. The Balaban J connectivity index is 1.82. The Morgan fingerprint density at radius 3 is 2.33 bits per heavy atom. The van der Waals surface area contributed by atoms with Crippen molar-refractivity contribution in [2.75, 3.05) is 38.2 Å². The summed E-state index contributed by atoms with van der Waals surface area (Å²) in [6.07, 6.45) is 0. The van der Waals surface area contributed by atoms with Gasteiger partial charge in [0.15, 0.2) is 0 Å². The van der Waals surface area contributed by atoms with E-state index in [0.717, 1.165) is 22.2 Å². The van der Waals surface area contributed by atoms with Gasteiger partial charge in [0.1, 0.15) is 5.75 Å². The van der Waals surface area contributed by atoms with E-state index in [9.17, 15) is 4.79 Å². The quantitative estimate of drug-likeness (QED) is 0.733. The van der Waals surface area contributed by atoms with Gasteiger partial charge in [0, 0.05) is 31.6 Å². The predicted octanol–water partition coefficient (Wildman–Crippen LogP) is 3.87. The van der Waals surface area contributed by atoms with E-state index in [0.29, 0.717) is 26.2 Å². The molecule has 1 aliphatic heterocycles. The zero-order valence-electron chi connectivity index (χ0n) is 13.1. The van der Waals surface area contributed by atoms with Gasteiger partial charge in [-0.3, -0.25) is 4.79 Å². The maximum Gasteiger partial charge on any atom is 0.274 e. The molecule has 1 saturated heterocycles. The first kappa shape index (κ1) is 17.5. The van der Waals surface area contributed by atoms with Crippen LogP contribution < -0.4 is 9.64 Å². The van der Waals surface area contributed by atoms with E-state index >= 15 is 0 Å². The summed E-state index contributed by atoms with van der Waals surface area (Å²) in [4.78, 5) is 15.8. The molecule has 0 unspecified atom stereocenters. The molecule has 2 aromatic rings. The smallest absolute Gasteiger partial charge is 0.274 e. The van der Waals surface area contributed by atoms with Gasteiger partial charge in [-0.15, -0.1) is 0 Å². The number of halogens is 3. The second-order valence-corrected chi connectivity index (χ2v) is 7.90. The lowest BCUT2D eigenvalue weighted by Crippen LogP contribution is -2.51. The lowest BCUT2D eigenvalue weighted by molar-refractivity contribution is -0.130. The van der Waals surface area contributed by atoms with Crippen LogP contribution in [0.25, 0.3) is 10.8 Å². The van der Waals surface area contributed by atoms with Crippen LogP contribution in [-0.2, 0) is 4.79 Å². The Hall–Kier alpha value is -1.36. The van der Waals surface area contributed by atoms with Crippen molar-refractivity contribution in [2.45, 2.75) is 3.79 Å². The number of carbonyl (C=O) groups is 1. The molecule has 0 atom stereocenters. The summed E-state index contributed by atoms with van der Waals surface area (Å²) in [6, 6.07) is 12.2.